The molecule has 0 heterocycles. The fraction of sp³-hybridized carbons (Fsp3) is 0.394. The lowest BCUT2D eigenvalue weighted by molar-refractivity contribution is -0.136. The molecule has 6 nitrogen and oxygen atoms in total. The first kappa shape index (κ1) is 31.1. The van der Waals surface area contributed by atoms with Gasteiger partial charge in [0.1, 0.15) is 11.5 Å². The number of carbonyl (C=O) groups is 2. The number of carboxylic acids is 2. The Morgan fingerprint density at radius 3 is 2.12 bits per heavy atom. The third kappa shape index (κ3) is 11.3. The molecule has 0 bridgehead atoms. The molecule has 40 heavy (non-hydrogen) atoms. The van der Waals surface area contributed by atoms with E-state index in [-0.39, 0.29) is 6.42 Å². The van der Waals surface area contributed by atoms with Crippen LogP contribution in [0.2, 0.25) is 0 Å². The van der Waals surface area contributed by atoms with E-state index in [0.29, 0.717) is 24.3 Å². The van der Waals surface area contributed by atoms with Gasteiger partial charge in [-0.05, 0) is 78.3 Å². The number of carboxylic acid groups (broad SMARTS) is 2. The monoisotopic (exact) mass is 564 g/mol. The number of rotatable bonds is 19. The molecule has 0 unspecified atom stereocenters. The van der Waals surface area contributed by atoms with E-state index in [1.54, 1.807) is 37.1 Å². The van der Waals surface area contributed by atoms with E-state index in [1.807, 2.05) is 36.4 Å². The van der Waals surface area contributed by atoms with Crippen molar-refractivity contribution in [2.45, 2.75) is 69.3 Å². The molecular weight excluding hydrogens is 524 g/mol. The Balaban J connectivity index is 1.37. The zero-order valence-corrected chi connectivity index (χ0v) is 24.1. The van der Waals surface area contributed by atoms with Crippen LogP contribution in [-0.2, 0) is 29.1 Å². The molecule has 0 radical (unpaired) electrons. The van der Waals surface area contributed by atoms with E-state index in [0.717, 1.165) is 53.2 Å². The number of aromatic carboxylic acids is 1. The summed E-state index contributed by atoms with van der Waals surface area (Å²) in [6, 6.07) is 21.3. The summed E-state index contributed by atoms with van der Waals surface area (Å²) >= 11 is 1.70. The summed E-state index contributed by atoms with van der Waals surface area (Å²) in [6.07, 6.45) is 8.49. The largest absolute Gasteiger partial charge is 0.497 e. The second-order valence-electron chi connectivity index (χ2n) is 9.90. The standard InChI is InChI=1S/C33H40O6S/c1-38-30-16-12-25(13-17-30)9-6-4-2-3-5-7-20-39-31-18-14-27(21-28(31)15-19-32(34)35)24-40-23-26-10-8-11-29(22-26)33(36)37/h8,10-14,16-18,21-22H,2-7,9,15,19-20,23-24H2,1H3,(H,34,35)(H,36,37). The van der Waals surface area contributed by atoms with E-state index in [2.05, 4.69) is 12.1 Å². The molecule has 0 spiro atoms. The van der Waals surface area contributed by atoms with Crippen LogP contribution in [0.25, 0.3) is 0 Å². The Hall–Kier alpha value is -3.45. The van der Waals surface area contributed by atoms with Crippen molar-refractivity contribution >= 4 is 23.7 Å². The van der Waals surface area contributed by atoms with Gasteiger partial charge in [0.25, 0.3) is 0 Å². The minimum atomic E-state index is -0.925. The van der Waals surface area contributed by atoms with Gasteiger partial charge < -0.3 is 19.7 Å². The molecule has 0 aliphatic rings. The van der Waals surface area contributed by atoms with Crippen LogP contribution in [0.15, 0.2) is 66.7 Å². The summed E-state index contributed by atoms with van der Waals surface area (Å²) in [5, 5.41) is 18.4. The molecule has 0 saturated heterocycles. The highest BCUT2D eigenvalue weighted by molar-refractivity contribution is 7.97. The maximum Gasteiger partial charge on any atom is 0.335 e. The van der Waals surface area contributed by atoms with Crippen molar-refractivity contribution in [2.75, 3.05) is 13.7 Å². The van der Waals surface area contributed by atoms with Crippen LogP contribution >= 0.6 is 11.8 Å². The molecule has 0 atom stereocenters. The van der Waals surface area contributed by atoms with E-state index in [4.69, 9.17) is 9.47 Å². The van der Waals surface area contributed by atoms with Gasteiger partial charge in [-0.1, -0.05) is 62.1 Å². The van der Waals surface area contributed by atoms with E-state index >= 15 is 0 Å². The SMILES string of the molecule is COc1ccc(CCCCCCCCOc2ccc(CSCc3cccc(C(=O)O)c3)cc2CCC(=O)O)cc1. The van der Waals surface area contributed by atoms with Crippen molar-refractivity contribution < 1.29 is 29.3 Å². The average molecular weight is 565 g/mol. The van der Waals surface area contributed by atoms with E-state index < -0.39 is 11.9 Å². The second kappa shape index (κ2) is 17.3. The highest BCUT2D eigenvalue weighted by atomic mass is 32.2. The number of thioether (sulfide) groups is 1. The molecule has 3 aromatic rings. The minimum Gasteiger partial charge on any atom is -0.497 e. The fourth-order valence-corrected chi connectivity index (χ4v) is 5.43. The molecular formula is C33H40O6S. The van der Waals surface area contributed by atoms with Crippen molar-refractivity contribution in [1.82, 2.24) is 0 Å². The van der Waals surface area contributed by atoms with Crippen molar-refractivity contribution in [3.8, 4) is 11.5 Å². The number of benzene rings is 3. The molecule has 0 saturated carbocycles. The normalized spacial score (nSPS) is 10.8. The summed E-state index contributed by atoms with van der Waals surface area (Å²) in [5.74, 6) is 1.36. The molecule has 3 rings (SSSR count). The molecule has 0 aromatic heterocycles. The van der Waals surface area contributed by atoms with Gasteiger partial charge in [0.05, 0.1) is 19.3 Å². The Bertz CT molecular complexity index is 1210. The highest BCUT2D eigenvalue weighted by Gasteiger charge is 2.09. The van der Waals surface area contributed by atoms with E-state index in [1.165, 1.54) is 31.2 Å². The predicted octanol–water partition coefficient (Wildman–Crippen LogP) is 7.81. The summed E-state index contributed by atoms with van der Waals surface area (Å²) in [5.41, 5.74) is 4.63. The van der Waals surface area contributed by atoms with Gasteiger partial charge in [-0.2, -0.15) is 11.8 Å². The fourth-order valence-electron chi connectivity index (χ4n) is 4.49. The van der Waals surface area contributed by atoms with E-state index in [9.17, 15) is 19.8 Å². The van der Waals surface area contributed by atoms with Crippen molar-refractivity contribution in [3.63, 3.8) is 0 Å². The highest BCUT2D eigenvalue weighted by Crippen LogP contribution is 2.26. The van der Waals surface area contributed by atoms with Crippen LogP contribution in [0, 0.1) is 0 Å². The van der Waals surface area contributed by atoms with Crippen LogP contribution in [0.4, 0.5) is 0 Å². The topological polar surface area (TPSA) is 93.1 Å². The first-order chi connectivity index (χ1) is 19.4. The van der Waals surface area contributed by atoms with Crippen LogP contribution in [0.5, 0.6) is 11.5 Å². The third-order valence-electron chi connectivity index (χ3n) is 6.72. The van der Waals surface area contributed by atoms with Gasteiger partial charge in [-0.15, -0.1) is 0 Å². The lowest BCUT2D eigenvalue weighted by Crippen LogP contribution is -2.04. The number of hydrogen-bond acceptors (Lipinski definition) is 5. The van der Waals surface area contributed by atoms with Crippen molar-refractivity contribution in [1.29, 1.82) is 0 Å². The second-order valence-corrected chi connectivity index (χ2v) is 10.9. The zero-order chi connectivity index (χ0) is 28.6. The van der Waals surface area contributed by atoms with Gasteiger partial charge in [-0.3, -0.25) is 4.79 Å². The number of ether oxygens (including phenoxy) is 2. The number of hydrogen-bond donors (Lipinski definition) is 2. The number of aryl methyl sites for hydroxylation is 2. The van der Waals surface area contributed by atoms with Crippen molar-refractivity contribution in [3.05, 3.63) is 94.5 Å². The Morgan fingerprint density at radius 2 is 1.43 bits per heavy atom. The van der Waals surface area contributed by atoms with Crippen LogP contribution in [0.1, 0.15) is 77.6 Å². The molecule has 214 valence electrons. The summed E-state index contributed by atoms with van der Waals surface area (Å²) in [4.78, 5) is 22.4. The maximum atomic E-state index is 11.2. The Kier molecular flexibility index (Phi) is 13.4. The molecule has 0 aliphatic carbocycles. The Morgan fingerprint density at radius 1 is 0.750 bits per heavy atom. The number of aliphatic carboxylic acids is 1. The summed E-state index contributed by atoms with van der Waals surface area (Å²) in [6.45, 7) is 0.625. The maximum absolute atomic E-state index is 11.2. The third-order valence-corrected chi connectivity index (χ3v) is 7.80. The molecule has 3 aromatic carbocycles. The first-order valence-electron chi connectivity index (χ1n) is 13.9. The number of unbranched alkanes of at least 4 members (excludes halogenated alkanes) is 5. The lowest BCUT2D eigenvalue weighted by Gasteiger charge is -2.13. The molecule has 0 amide bonds. The van der Waals surface area contributed by atoms with Gasteiger partial charge in [0.2, 0.25) is 0 Å². The molecule has 7 heteroatoms. The van der Waals surface area contributed by atoms with Crippen LogP contribution in [-0.4, -0.2) is 35.9 Å². The first-order valence-corrected chi connectivity index (χ1v) is 15.1. The summed E-state index contributed by atoms with van der Waals surface area (Å²) in [7, 11) is 1.69. The Labute approximate surface area is 241 Å². The van der Waals surface area contributed by atoms with Gasteiger partial charge in [0, 0.05) is 17.9 Å². The van der Waals surface area contributed by atoms with Crippen molar-refractivity contribution in [2.24, 2.45) is 0 Å². The van der Waals surface area contributed by atoms with Gasteiger partial charge in [-0.25, -0.2) is 4.79 Å². The molecule has 2 N–H and O–H groups in total. The minimum absolute atomic E-state index is 0.0610. The lowest BCUT2D eigenvalue weighted by atomic mass is 10.0. The molecule has 0 aliphatic heterocycles. The van der Waals surface area contributed by atoms with Gasteiger partial charge in [0.15, 0.2) is 0 Å². The number of methoxy groups -OCH3 is 1. The van der Waals surface area contributed by atoms with Gasteiger partial charge >= 0.3 is 11.9 Å². The zero-order valence-electron chi connectivity index (χ0n) is 23.3. The summed E-state index contributed by atoms with van der Waals surface area (Å²) < 4.78 is 11.3. The quantitative estimate of drug-likeness (QED) is 0.143. The predicted molar refractivity (Wildman–Crippen MR) is 161 cm³/mol. The smallest absolute Gasteiger partial charge is 0.335 e. The average Bonchev–Trinajstić information content (AvgIpc) is 2.96. The van der Waals surface area contributed by atoms with Crippen LogP contribution in [0.3, 0.4) is 0 Å². The van der Waals surface area contributed by atoms with Crippen LogP contribution < -0.4 is 9.47 Å². The molecule has 0 fully saturated rings.